The van der Waals surface area contributed by atoms with Crippen LogP contribution < -0.4 is 15.8 Å². The van der Waals surface area contributed by atoms with Crippen LogP contribution in [0.15, 0.2) is 33.6 Å². The fourth-order valence-corrected chi connectivity index (χ4v) is 3.37. The zero-order valence-corrected chi connectivity index (χ0v) is 15.1. The van der Waals surface area contributed by atoms with Crippen LogP contribution in [0, 0.1) is 5.92 Å². The van der Waals surface area contributed by atoms with E-state index in [1.165, 1.54) is 12.1 Å². The predicted octanol–water partition coefficient (Wildman–Crippen LogP) is 1.22. The number of amides is 1. The first kappa shape index (κ1) is 19.1. The molecule has 1 rings (SSSR count). The summed E-state index contributed by atoms with van der Waals surface area (Å²) in [7, 11) is -3.75. The Kier molecular flexibility index (Phi) is 7.47. The van der Waals surface area contributed by atoms with Crippen LogP contribution >= 0.6 is 15.9 Å². The van der Waals surface area contributed by atoms with Gasteiger partial charge in [-0.05, 0) is 43.1 Å². The van der Waals surface area contributed by atoms with E-state index < -0.39 is 16.1 Å². The van der Waals surface area contributed by atoms with Gasteiger partial charge in [-0.25, -0.2) is 8.42 Å². The van der Waals surface area contributed by atoms with Gasteiger partial charge in [0, 0.05) is 11.0 Å². The number of carbonyl (C=O) groups excluding carboxylic acids is 1. The van der Waals surface area contributed by atoms with Gasteiger partial charge in [-0.15, -0.1) is 0 Å². The van der Waals surface area contributed by atoms with Gasteiger partial charge in [-0.1, -0.05) is 29.8 Å². The lowest BCUT2D eigenvalue weighted by atomic mass is 10.1. The quantitative estimate of drug-likeness (QED) is 0.579. The van der Waals surface area contributed by atoms with Crippen LogP contribution in [0.2, 0.25) is 0 Å². The molecule has 0 aliphatic heterocycles. The van der Waals surface area contributed by atoms with Crippen LogP contribution in [-0.2, 0) is 14.8 Å². The lowest BCUT2D eigenvalue weighted by Crippen LogP contribution is -2.49. The monoisotopic (exact) mass is 391 g/mol. The van der Waals surface area contributed by atoms with Gasteiger partial charge in [-0.2, -0.15) is 4.72 Å². The molecule has 0 aromatic heterocycles. The van der Waals surface area contributed by atoms with Crippen molar-refractivity contribution in [2.75, 3.05) is 13.1 Å². The Balaban J connectivity index is 2.85. The summed E-state index contributed by atoms with van der Waals surface area (Å²) < 4.78 is 28.0. The molecule has 1 aromatic carbocycles. The third-order valence-corrected chi connectivity index (χ3v) is 5.02. The van der Waals surface area contributed by atoms with E-state index in [2.05, 4.69) is 26.0 Å². The maximum Gasteiger partial charge on any atom is 0.241 e. The molecular weight excluding hydrogens is 370 g/mol. The third-order valence-electron chi connectivity index (χ3n) is 3.04. The maximum atomic E-state index is 12.4. The van der Waals surface area contributed by atoms with Crippen molar-refractivity contribution in [3.8, 4) is 0 Å². The molecular formula is C14H22BrN3O3S. The smallest absolute Gasteiger partial charge is 0.241 e. The average molecular weight is 392 g/mol. The summed E-state index contributed by atoms with van der Waals surface area (Å²) >= 11 is 3.26. The van der Waals surface area contributed by atoms with Crippen LogP contribution in [0.3, 0.4) is 0 Å². The van der Waals surface area contributed by atoms with Crippen molar-refractivity contribution in [2.24, 2.45) is 11.7 Å². The van der Waals surface area contributed by atoms with Gasteiger partial charge < -0.3 is 11.1 Å². The van der Waals surface area contributed by atoms with Crippen molar-refractivity contribution < 1.29 is 13.2 Å². The summed E-state index contributed by atoms with van der Waals surface area (Å²) in [5.41, 5.74) is 5.37. The average Bonchev–Trinajstić information content (AvgIpc) is 2.45. The Bertz CT molecular complexity index is 588. The molecule has 124 valence electrons. The first-order valence-electron chi connectivity index (χ1n) is 7.03. The van der Waals surface area contributed by atoms with E-state index in [9.17, 15) is 13.2 Å². The summed E-state index contributed by atoms with van der Waals surface area (Å²) in [6.45, 7) is 4.48. The Labute approximate surface area is 140 Å². The highest BCUT2D eigenvalue weighted by molar-refractivity contribution is 9.10. The van der Waals surface area contributed by atoms with Crippen molar-refractivity contribution in [3.05, 3.63) is 28.7 Å². The molecule has 6 nitrogen and oxygen atoms in total. The topological polar surface area (TPSA) is 101 Å². The summed E-state index contributed by atoms with van der Waals surface area (Å²) in [6, 6.07) is 5.42. The SMILES string of the molecule is CC(C)C(NS(=O)(=O)c1ccc(Br)cc1)C(=O)NCCCN. The molecule has 8 heteroatoms. The number of hydrogen-bond acceptors (Lipinski definition) is 4. The Morgan fingerprint density at radius 1 is 1.27 bits per heavy atom. The molecule has 0 aliphatic rings. The van der Waals surface area contributed by atoms with Crippen LogP contribution in [0.25, 0.3) is 0 Å². The minimum Gasteiger partial charge on any atom is -0.355 e. The molecule has 4 N–H and O–H groups in total. The van der Waals surface area contributed by atoms with Gasteiger partial charge in [0.05, 0.1) is 4.90 Å². The summed E-state index contributed by atoms with van der Waals surface area (Å²) in [4.78, 5) is 12.3. The van der Waals surface area contributed by atoms with E-state index in [1.54, 1.807) is 26.0 Å². The fourth-order valence-electron chi connectivity index (χ4n) is 1.76. The van der Waals surface area contributed by atoms with Gasteiger partial charge in [-0.3, -0.25) is 4.79 Å². The van der Waals surface area contributed by atoms with Crippen LogP contribution in [0.4, 0.5) is 0 Å². The van der Waals surface area contributed by atoms with Crippen LogP contribution in [-0.4, -0.2) is 33.5 Å². The summed E-state index contributed by atoms with van der Waals surface area (Å²) in [5.74, 6) is -0.521. The Hall–Kier alpha value is -0.960. The minimum absolute atomic E-state index is 0.121. The molecule has 0 heterocycles. The molecule has 0 saturated heterocycles. The first-order chi connectivity index (χ1) is 10.3. The third kappa shape index (κ3) is 5.68. The van der Waals surface area contributed by atoms with E-state index in [0.717, 1.165) is 4.47 Å². The predicted molar refractivity (Wildman–Crippen MR) is 89.8 cm³/mol. The number of nitrogens with one attached hydrogen (secondary N) is 2. The number of benzene rings is 1. The molecule has 0 bridgehead atoms. The molecule has 1 unspecified atom stereocenters. The van der Waals surface area contributed by atoms with Crippen LogP contribution in [0.1, 0.15) is 20.3 Å². The van der Waals surface area contributed by atoms with E-state index in [1.807, 2.05) is 0 Å². The van der Waals surface area contributed by atoms with Gasteiger partial charge in [0.2, 0.25) is 15.9 Å². The molecule has 22 heavy (non-hydrogen) atoms. The fraction of sp³-hybridized carbons (Fsp3) is 0.500. The zero-order valence-electron chi connectivity index (χ0n) is 12.7. The zero-order chi connectivity index (χ0) is 16.8. The van der Waals surface area contributed by atoms with Crippen molar-refractivity contribution in [1.29, 1.82) is 0 Å². The van der Waals surface area contributed by atoms with Crippen molar-refractivity contribution in [2.45, 2.75) is 31.2 Å². The molecule has 0 radical (unpaired) electrons. The molecule has 0 fully saturated rings. The second kappa shape index (κ2) is 8.61. The van der Waals surface area contributed by atoms with E-state index in [-0.39, 0.29) is 16.7 Å². The second-order valence-electron chi connectivity index (χ2n) is 5.23. The highest BCUT2D eigenvalue weighted by atomic mass is 79.9. The van der Waals surface area contributed by atoms with Crippen molar-refractivity contribution >= 4 is 31.9 Å². The maximum absolute atomic E-state index is 12.4. The highest BCUT2D eigenvalue weighted by Crippen LogP contribution is 2.16. The lowest BCUT2D eigenvalue weighted by molar-refractivity contribution is -0.123. The molecule has 1 amide bonds. The highest BCUT2D eigenvalue weighted by Gasteiger charge is 2.28. The molecule has 0 spiro atoms. The van der Waals surface area contributed by atoms with E-state index in [0.29, 0.717) is 19.5 Å². The first-order valence-corrected chi connectivity index (χ1v) is 9.31. The van der Waals surface area contributed by atoms with Crippen molar-refractivity contribution in [1.82, 2.24) is 10.0 Å². The summed E-state index contributed by atoms with van der Waals surface area (Å²) in [5, 5.41) is 2.69. The Morgan fingerprint density at radius 3 is 2.36 bits per heavy atom. The van der Waals surface area contributed by atoms with Gasteiger partial charge in [0.15, 0.2) is 0 Å². The Morgan fingerprint density at radius 2 is 1.86 bits per heavy atom. The van der Waals surface area contributed by atoms with Gasteiger partial charge >= 0.3 is 0 Å². The number of carbonyl (C=O) groups is 1. The number of nitrogens with two attached hydrogens (primary N) is 1. The minimum atomic E-state index is -3.75. The number of halogens is 1. The molecule has 1 atom stereocenters. The summed E-state index contributed by atoms with van der Waals surface area (Å²) in [6.07, 6.45) is 0.649. The second-order valence-corrected chi connectivity index (χ2v) is 7.86. The van der Waals surface area contributed by atoms with Crippen molar-refractivity contribution in [3.63, 3.8) is 0 Å². The number of sulfonamides is 1. The number of rotatable bonds is 8. The normalized spacial score (nSPS) is 13.1. The lowest BCUT2D eigenvalue weighted by Gasteiger charge is -2.21. The molecule has 1 aromatic rings. The molecule has 0 aliphatic carbocycles. The molecule has 0 saturated carbocycles. The van der Waals surface area contributed by atoms with E-state index >= 15 is 0 Å². The number of hydrogen-bond donors (Lipinski definition) is 3. The van der Waals surface area contributed by atoms with Gasteiger partial charge in [0.1, 0.15) is 6.04 Å². The van der Waals surface area contributed by atoms with Crippen LogP contribution in [0.5, 0.6) is 0 Å². The van der Waals surface area contributed by atoms with Gasteiger partial charge in [0.25, 0.3) is 0 Å². The standard InChI is InChI=1S/C14H22BrN3O3S/c1-10(2)13(14(19)17-9-3-8-16)18-22(20,21)12-6-4-11(15)5-7-12/h4-7,10,13,18H,3,8-9,16H2,1-2H3,(H,17,19). The van der Waals surface area contributed by atoms with E-state index in [4.69, 9.17) is 5.73 Å². The largest absolute Gasteiger partial charge is 0.355 e.